The molecular weight excluding hydrogens is 164 g/mol. The Hall–Kier alpha value is 0.220. The van der Waals surface area contributed by atoms with Gasteiger partial charge in [0.1, 0.15) is 0 Å². The first kappa shape index (κ1) is 6.34. The molecule has 1 heteroatoms. The van der Waals surface area contributed by atoms with E-state index >= 15 is 0 Å². The van der Waals surface area contributed by atoms with Crippen molar-refractivity contribution in [2.24, 2.45) is 5.92 Å². The van der Waals surface area contributed by atoms with Gasteiger partial charge < -0.3 is 0 Å². The predicted molar refractivity (Wildman–Crippen MR) is 40.3 cm³/mol. The molecule has 1 aliphatic carbocycles. The highest BCUT2D eigenvalue weighted by atomic mass is 79.9. The van der Waals surface area contributed by atoms with Crippen molar-refractivity contribution in [3.63, 3.8) is 0 Å². The number of allylic oxidation sites excluding steroid dienone is 1. The van der Waals surface area contributed by atoms with Crippen LogP contribution in [-0.4, -0.2) is 4.83 Å². The van der Waals surface area contributed by atoms with Crippen LogP contribution in [0.15, 0.2) is 12.7 Å². The van der Waals surface area contributed by atoms with Crippen molar-refractivity contribution in [2.75, 3.05) is 0 Å². The summed E-state index contributed by atoms with van der Waals surface area (Å²) in [5, 5.41) is 0. The monoisotopic (exact) mass is 174 g/mol. The van der Waals surface area contributed by atoms with E-state index in [1.165, 1.54) is 19.3 Å². The summed E-state index contributed by atoms with van der Waals surface area (Å²) in [4.78, 5) is 0.769. The largest absolute Gasteiger partial charge is 0.103 e. The molecule has 1 aliphatic rings. The van der Waals surface area contributed by atoms with E-state index in [4.69, 9.17) is 0 Å². The van der Waals surface area contributed by atoms with Gasteiger partial charge in [-0.1, -0.05) is 22.0 Å². The molecule has 46 valence electrons. The molecule has 0 aromatic rings. The van der Waals surface area contributed by atoms with Gasteiger partial charge in [-0.3, -0.25) is 0 Å². The van der Waals surface area contributed by atoms with Gasteiger partial charge >= 0.3 is 0 Å². The summed E-state index contributed by atoms with van der Waals surface area (Å²) in [5.41, 5.74) is 0. The van der Waals surface area contributed by atoms with Crippen molar-refractivity contribution in [1.82, 2.24) is 0 Å². The van der Waals surface area contributed by atoms with E-state index in [1.807, 2.05) is 0 Å². The minimum Gasteiger partial charge on any atom is -0.103 e. The molecule has 0 spiro atoms. The minimum atomic E-state index is 0.769. The number of rotatable bonds is 1. The Kier molecular flexibility index (Phi) is 2.12. The van der Waals surface area contributed by atoms with Crippen molar-refractivity contribution >= 4 is 15.9 Å². The smallest absolute Gasteiger partial charge is 0.0151 e. The van der Waals surface area contributed by atoms with E-state index in [9.17, 15) is 0 Å². The van der Waals surface area contributed by atoms with Crippen molar-refractivity contribution in [2.45, 2.75) is 24.1 Å². The van der Waals surface area contributed by atoms with Crippen LogP contribution in [0.2, 0.25) is 0 Å². The van der Waals surface area contributed by atoms with Crippen molar-refractivity contribution < 1.29 is 0 Å². The Morgan fingerprint density at radius 1 is 1.50 bits per heavy atom. The number of hydrogen-bond donors (Lipinski definition) is 0. The van der Waals surface area contributed by atoms with Gasteiger partial charge in [-0.25, -0.2) is 0 Å². The molecule has 0 saturated heterocycles. The fraction of sp³-hybridized carbons (Fsp3) is 0.714. The molecule has 0 radical (unpaired) electrons. The van der Waals surface area contributed by atoms with E-state index < -0.39 is 0 Å². The number of hydrogen-bond acceptors (Lipinski definition) is 0. The molecule has 0 N–H and O–H groups in total. The molecule has 0 aliphatic heterocycles. The first-order chi connectivity index (χ1) is 3.83. The first-order valence-corrected chi connectivity index (χ1v) is 4.01. The maximum Gasteiger partial charge on any atom is 0.0151 e. The Morgan fingerprint density at radius 2 is 2.25 bits per heavy atom. The maximum atomic E-state index is 3.76. The van der Waals surface area contributed by atoms with Gasteiger partial charge in [-0.2, -0.15) is 0 Å². The van der Waals surface area contributed by atoms with Gasteiger partial charge in [0, 0.05) is 4.83 Å². The molecule has 0 nitrogen and oxygen atoms in total. The molecular formula is C7H11Br. The molecule has 0 aromatic heterocycles. The second-order valence-corrected chi connectivity index (χ2v) is 3.70. The first-order valence-electron chi connectivity index (χ1n) is 3.09. The molecule has 1 rings (SSSR count). The van der Waals surface area contributed by atoms with E-state index in [2.05, 4.69) is 28.6 Å². The third kappa shape index (κ3) is 1.35. The SMILES string of the molecule is C=C[C@H]1CC[C@H](Br)C1. The topological polar surface area (TPSA) is 0 Å². The predicted octanol–water partition coefficient (Wildman–Crippen LogP) is 2.74. The van der Waals surface area contributed by atoms with Crippen LogP contribution in [0.5, 0.6) is 0 Å². The molecule has 0 heterocycles. The lowest BCUT2D eigenvalue weighted by Crippen LogP contribution is -1.88. The van der Waals surface area contributed by atoms with Gasteiger partial charge in [0.15, 0.2) is 0 Å². The number of halogens is 1. The Labute approximate surface area is 59.1 Å². The third-order valence-corrected chi connectivity index (χ3v) is 2.57. The maximum absolute atomic E-state index is 3.76. The van der Waals surface area contributed by atoms with Gasteiger partial charge in [0.05, 0.1) is 0 Å². The van der Waals surface area contributed by atoms with Gasteiger partial charge in [0.25, 0.3) is 0 Å². The third-order valence-electron chi connectivity index (χ3n) is 1.74. The lowest BCUT2D eigenvalue weighted by molar-refractivity contribution is 0.690. The molecule has 1 fully saturated rings. The summed E-state index contributed by atoms with van der Waals surface area (Å²) in [5.74, 6) is 0.791. The van der Waals surface area contributed by atoms with Gasteiger partial charge in [-0.05, 0) is 25.2 Å². The zero-order chi connectivity index (χ0) is 5.98. The van der Waals surface area contributed by atoms with Crippen LogP contribution in [0.3, 0.4) is 0 Å². The van der Waals surface area contributed by atoms with Gasteiger partial charge in [0.2, 0.25) is 0 Å². The Bertz CT molecular complexity index is 88.4. The van der Waals surface area contributed by atoms with E-state index in [0.717, 1.165) is 10.7 Å². The number of alkyl halides is 1. The molecule has 0 unspecified atom stereocenters. The molecule has 0 bridgehead atoms. The highest BCUT2D eigenvalue weighted by Gasteiger charge is 2.18. The normalized spacial score (nSPS) is 37.6. The lowest BCUT2D eigenvalue weighted by Gasteiger charge is -1.97. The quantitative estimate of drug-likeness (QED) is 0.424. The lowest BCUT2D eigenvalue weighted by atomic mass is 10.1. The average molecular weight is 175 g/mol. The van der Waals surface area contributed by atoms with Crippen LogP contribution in [0.25, 0.3) is 0 Å². The van der Waals surface area contributed by atoms with Crippen molar-refractivity contribution in [3.8, 4) is 0 Å². The van der Waals surface area contributed by atoms with Crippen molar-refractivity contribution in [3.05, 3.63) is 12.7 Å². The Morgan fingerprint density at radius 3 is 2.50 bits per heavy atom. The summed E-state index contributed by atoms with van der Waals surface area (Å²) in [6, 6.07) is 0. The fourth-order valence-electron chi connectivity index (χ4n) is 1.17. The summed E-state index contributed by atoms with van der Waals surface area (Å²) < 4.78 is 0. The average Bonchev–Trinajstić information content (AvgIpc) is 2.14. The van der Waals surface area contributed by atoms with E-state index in [-0.39, 0.29) is 0 Å². The van der Waals surface area contributed by atoms with Crippen LogP contribution in [0, 0.1) is 5.92 Å². The summed E-state index contributed by atoms with van der Waals surface area (Å²) in [7, 11) is 0. The second-order valence-electron chi connectivity index (χ2n) is 2.41. The molecule has 0 aromatic carbocycles. The molecule has 0 amide bonds. The minimum absolute atomic E-state index is 0.769. The zero-order valence-corrected chi connectivity index (χ0v) is 6.52. The zero-order valence-electron chi connectivity index (χ0n) is 4.94. The summed E-state index contributed by atoms with van der Waals surface area (Å²) in [6.07, 6.45) is 6.03. The summed E-state index contributed by atoms with van der Waals surface area (Å²) >= 11 is 3.57. The highest BCUT2D eigenvalue weighted by Crippen LogP contribution is 2.30. The fourth-order valence-corrected chi connectivity index (χ4v) is 1.92. The van der Waals surface area contributed by atoms with Crippen LogP contribution in [-0.2, 0) is 0 Å². The van der Waals surface area contributed by atoms with Crippen LogP contribution in [0.1, 0.15) is 19.3 Å². The standard InChI is InChI=1S/C7H11Br/c1-2-6-3-4-7(8)5-6/h2,6-7H,1,3-5H2/t6-,7-/m0/s1. The molecule has 8 heavy (non-hydrogen) atoms. The van der Waals surface area contributed by atoms with Crippen LogP contribution < -0.4 is 0 Å². The molecule has 2 atom stereocenters. The highest BCUT2D eigenvalue weighted by molar-refractivity contribution is 9.09. The van der Waals surface area contributed by atoms with E-state index in [1.54, 1.807) is 0 Å². The Balaban J connectivity index is 2.32. The molecule has 1 saturated carbocycles. The van der Waals surface area contributed by atoms with E-state index in [0.29, 0.717) is 0 Å². The summed E-state index contributed by atoms with van der Waals surface area (Å²) in [6.45, 7) is 3.76. The van der Waals surface area contributed by atoms with Crippen LogP contribution >= 0.6 is 15.9 Å². The van der Waals surface area contributed by atoms with Crippen molar-refractivity contribution in [1.29, 1.82) is 0 Å². The van der Waals surface area contributed by atoms with Crippen LogP contribution in [0.4, 0.5) is 0 Å². The van der Waals surface area contributed by atoms with Gasteiger partial charge in [-0.15, -0.1) is 6.58 Å². The second kappa shape index (κ2) is 2.67.